The van der Waals surface area contributed by atoms with Gasteiger partial charge in [-0.2, -0.15) is 4.98 Å². The van der Waals surface area contributed by atoms with Crippen LogP contribution in [0.5, 0.6) is 0 Å². The van der Waals surface area contributed by atoms with Crippen LogP contribution >= 0.6 is 0 Å². The molecule has 27 heavy (non-hydrogen) atoms. The van der Waals surface area contributed by atoms with Gasteiger partial charge in [-0.25, -0.2) is 9.97 Å². The van der Waals surface area contributed by atoms with E-state index in [1.54, 1.807) is 12.1 Å². The number of aromatic nitrogens is 4. The Balaban J connectivity index is 1.70. The van der Waals surface area contributed by atoms with Gasteiger partial charge in [0.1, 0.15) is 6.33 Å². The molecule has 7 nitrogen and oxygen atoms in total. The zero-order chi connectivity index (χ0) is 18.8. The summed E-state index contributed by atoms with van der Waals surface area (Å²) >= 11 is 0. The summed E-state index contributed by atoms with van der Waals surface area (Å²) in [5, 5.41) is 23.2. The first kappa shape index (κ1) is 17.2. The maximum atomic E-state index is 9.60. The summed E-state index contributed by atoms with van der Waals surface area (Å²) in [6, 6.07) is 15.4. The molecule has 0 radical (unpaired) electrons. The molecule has 0 amide bonds. The topological polar surface area (TPSA) is 107 Å². The zero-order valence-electron chi connectivity index (χ0n) is 14.7. The van der Waals surface area contributed by atoms with Gasteiger partial charge in [0.25, 0.3) is 0 Å². The molecule has 0 aliphatic rings. The highest BCUT2D eigenvalue weighted by Crippen LogP contribution is 2.29. The highest BCUT2D eigenvalue weighted by atomic mass is 16.4. The number of aromatic amines is 1. The normalized spacial score (nSPS) is 10.9. The van der Waals surface area contributed by atoms with Crippen LogP contribution in [0.1, 0.15) is 11.3 Å². The SMILES string of the molecule is Cc1[nH]c2c(B(O)O)cccc2c1-c1ncnc(NCc2ccccc2)n1. The molecule has 0 bridgehead atoms. The van der Waals surface area contributed by atoms with E-state index in [2.05, 4.69) is 25.3 Å². The smallest absolute Gasteiger partial charge is 0.423 e. The van der Waals surface area contributed by atoms with Crippen LogP contribution in [0.4, 0.5) is 5.95 Å². The molecule has 0 atom stereocenters. The fraction of sp³-hybridized carbons (Fsp3) is 0.105. The fourth-order valence-electron chi connectivity index (χ4n) is 3.15. The Hall–Kier alpha value is -3.23. The summed E-state index contributed by atoms with van der Waals surface area (Å²) in [6.45, 7) is 2.52. The van der Waals surface area contributed by atoms with Gasteiger partial charge in [0.2, 0.25) is 5.95 Å². The molecular formula is C19H18BN5O2. The molecule has 4 aromatic rings. The number of benzene rings is 2. The predicted octanol–water partition coefficient (Wildman–Crippen LogP) is 1.62. The number of aryl methyl sites for hydroxylation is 1. The van der Waals surface area contributed by atoms with Gasteiger partial charge >= 0.3 is 7.12 Å². The van der Waals surface area contributed by atoms with Crippen LogP contribution in [0.3, 0.4) is 0 Å². The van der Waals surface area contributed by atoms with Crippen LogP contribution < -0.4 is 10.8 Å². The van der Waals surface area contributed by atoms with E-state index in [-0.39, 0.29) is 0 Å². The average Bonchev–Trinajstić information content (AvgIpc) is 3.03. The van der Waals surface area contributed by atoms with Crippen molar-refractivity contribution in [3.63, 3.8) is 0 Å². The first-order valence-electron chi connectivity index (χ1n) is 8.58. The van der Waals surface area contributed by atoms with Crippen LogP contribution in [-0.2, 0) is 6.54 Å². The first-order valence-corrected chi connectivity index (χ1v) is 8.58. The molecule has 0 spiro atoms. The van der Waals surface area contributed by atoms with E-state index in [9.17, 15) is 10.0 Å². The molecular weight excluding hydrogens is 341 g/mol. The second-order valence-electron chi connectivity index (χ2n) is 6.24. The van der Waals surface area contributed by atoms with Gasteiger partial charge in [-0.05, 0) is 12.5 Å². The van der Waals surface area contributed by atoms with Crippen LogP contribution in [-0.4, -0.2) is 37.1 Å². The number of nitrogens with one attached hydrogen (secondary N) is 2. The Morgan fingerprint density at radius 2 is 1.85 bits per heavy atom. The minimum absolute atomic E-state index is 0.415. The van der Waals surface area contributed by atoms with E-state index in [1.807, 2.05) is 43.3 Å². The summed E-state index contributed by atoms with van der Waals surface area (Å²) in [5.74, 6) is 1.00. The van der Waals surface area contributed by atoms with Gasteiger partial charge in [-0.15, -0.1) is 0 Å². The Kier molecular flexibility index (Phi) is 4.58. The lowest BCUT2D eigenvalue weighted by Crippen LogP contribution is -2.30. The molecule has 2 heterocycles. The standard InChI is InChI=1S/C19H18BN5O2/c1-12-16(14-8-5-9-15(20(26)27)17(14)24-12)18-22-11-23-19(25-18)21-10-13-6-3-2-4-7-13/h2-9,11,24,26-27H,10H2,1H3,(H,21,22,23,25). The third-order valence-corrected chi connectivity index (χ3v) is 4.42. The minimum atomic E-state index is -1.55. The summed E-state index contributed by atoms with van der Waals surface area (Å²) in [6.07, 6.45) is 1.47. The Labute approximate surface area is 156 Å². The summed E-state index contributed by atoms with van der Waals surface area (Å²) in [4.78, 5) is 16.3. The molecule has 134 valence electrons. The van der Waals surface area contributed by atoms with E-state index < -0.39 is 7.12 Å². The second-order valence-corrected chi connectivity index (χ2v) is 6.24. The predicted molar refractivity (Wildman–Crippen MR) is 105 cm³/mol. The van der Waals surface area contributed by atoms with Gasteiger partial charge in [-0.1, -0.05) is 48.5 Å². The van der Waals surface area contributed by atoms with Crippen molar-refractivity contribution in [1.29, 1.82) is 0 Å². The van der Waals surface area contributed by atoms with Crippen LogP contribution in [0.25, 0.3) is 22.3 Å². The number of fused-ring (bicyclic) bond motifs is 1. The number of nitrogens with zero attached hydrogens (tertiary/aromatic N) is 3. The van der Waals surface area contributed by atoms with Crippen molar-refractivity contribution < 1.29 is 10.0 Å². The number of anilines is 1. The maximum Gasteiger partial charge on any atom is 0.490 e. The lowest BCUT2D eigenvalue weighted by atomic mass is 9.79. The summed E-state index contributed by atoms with van der Waals surface area (Å²) in [5.41, 5.74) is 3.87. The van der Waals surface area contributed by atoms with E-state index in [4.69, 9.17) is 0 Å². The molecule has 0 fully saturated rings. The molecule has 0 saturated carbocycles. The van der Waals surface area contributed by atoms with Gasteiger partial charge in [0.15, 0.2) is 5.82 Å². The highest BCUT2D eigenvalue weighted by molar-refractivity contribution is 6.61. The molecule has 0 aliphatic carbocycles. The van der Waals surface area contributed by atoms with Crippen LogP contribution in [0, 0.1) is 6.92 Å². The fourth-order valence-corrected chi connectivity index (χ4v) is 3.15. The van der Waals surface area contributed by atoms with Crippen molar-refractivity contribution in [3.05, 3.63) is 66.1 Å². The number of H-pyrrole nitrogens is 1. The second kappa shape index (κ2) is 7.18. The third kappa shape index (κ3) is 3.40. The number of rotatable bonds is 5. The van der Waals surface area contributed by atoms with E-state index in [0.29, 0.717) is 29.3 Å². The Morgan fingerprint density at radius 1 is 1.04 bits per heavy atom. The van der Waals surface area contributed by atoms with Gasteiger partial charge < -0.3 is 20.3 Å². The van der Waals surface area contributed by atoms with Crippen molar-refractivity contribution in [2.24, 2.45) is 0 Å². The van der Waals surface area contributed by atoms with Crippen LogP contribution in [0.2, 0.25) is 0 Å². The molecule has 0 unspecified atom stereocenters. The van der Waals surface area contributed by atoms with E-state index in [0.717, 1.165) is 22.2 Å². The van der Waals surface area contributed by atoms with Gasteiger partial charge in [0.05, 0.1) is 0 Å². The average molecular weight is 359 g/mol. The lowest BCUT2D eigenvalue weighted by molar-refractivity contribution is 0.426. The van der Waals surface area contributed by atoms with Gasteiger partial charge in [0, 0.05) is 34.2 Å². The highest BCUT2D eigenvalue weighted by Gasteiger charge is 2.20. The molecule has 8 heteroatoms. The summed E-state index contributed by atoms with van der Waals surface area (Å²) < 4.78 is 0. The molecule has 4 rings (SSSR count). The molecule has 2 aromatic heterocycles. The summed E-state index contributed by atoms with van der Waals surface area (Å²) in [7, 11) is -1.55. The van der Waals surface area contributed by atoms with Gasteiger partial charge in [-0.3, -0.25) is 0 Å². The quantitative estimate of drug-likeness (QED) is 0.404. The minimum Gasteiger partial charge on any atom is -0.423 e. The zero-order valence-corrected chi connectivity index (χ0v) is 14.7. The van der Waals surface area contributed by atoms with Crippen molar-refractivity contribution in [1.82, 2.24) is 19.9 Å². The first-order chi connectivity index (χ1) is 13.1. The van der Waals surface area contributed by atoms with E-state index >= 15 is 0 Å². The van der Waals surface area contributed by atoms with E-state index in [1.165, 1.54) is 6.33 Å². The Bertz CT molecular complexity index is 1080. The van der Waals surface area contributed by atoms with Crippen molar-refractivity contribution in [2.45, 2.75) is 13.5 Å². The number of hydrogen-bond acceptors (Lipinski definition) is 6. The number of para-hydroxylation sites is 1. The van der Waals surface area contributed by atoms with Crippen molar-refractivity contribution in [2.75, 3.05) is 5.32 Å². The number of hydrogen-bond donors (Lipinski definition) is 4. The molecule has 4 N–H and O–H groups in total. The largest absolute Gasteiger partial charge is 0.490 e. The lowest BCUT2D eigenvalue weighted by Gasteiger charge is -2.06. The monoisotopic (exact) mass is 359 g/mol. The molecule has 0 saturated heterocycles. The molecule has 0 aliphatic heterocycles. The maximum absolute atomic E-state index is 9.60. The van der Waals surface area contributed by atoms with Crippen LogP contribution in [0.15, 0.2) is 54.9 Å². The third-order valence-electron chi connectivity index (χ3n) is 4.42. The van der Waals surface area contributed by atoms with Crippen molar-refractivity contribution >= 4 is 29.4 Å². The van der Waals surface area contributed by atoms with Crippen molar-refractivity contribution in [3.8, 4) is 11.4 Å². The molecule has 2 aromatic carbocycles. The Morgan fingerprint density at radius 3 is 2.63 bits per heavy atom.